The quantitative estimate of drug-likeness (QED) is 0.871. The molecule has 6 heteroatoms. The smallest absolute Gasteiger partial charge is 0.301 e. The van der Waals surface area contributed by atoms with E-state index in [9.17, 15) is 8.42 Å². The van der Waals surface area contributed by atoms with Gasteiger partial charge in [-0.3, -0.25) is 4.72 Å². The lowest BCUT2D eigenvalue weighted by atomic mass is 10.0. The third-order valence-electron chi connectivity index (χ3n) is 3.54. The van der Waals surface area contributed by atoms with Crippen LogP contribution in [0.1, 0.15) is 25.3 Å². The topological polar surface area (TPSA) is 61.4 Å². The van der Waals surface area contributed by atoms with E-state index in [1.807, 2.05) is 19.2 Å². The highest BCUT2D eigenvalue weighted by Crippen LogP contribution is 2.20. The number of anilines is 1. The van der Waals surface area contributed by atoms with E-state index in [4.69, 9.17) is 0 Å². The molecule has 20 heavy (non-hydrogen) atoms. The van der Waals surface area contributed by atoms with Crippen LogP contribution < -0.4 is 10.0 Å². The van der Waals surface area contributed by atoms with E-state index in [1.165, 1.54) is 0 Å². The molecule has 0 spiro atoms. The SMILES string of the molecule is CNCc1ccc(NS(=O)(=O)N2CCCC(C)C2)cc1. The molecule has 0 amide bonds. The molecule has 1 aliphatic heterocycles. The van der Waals surface area contributed by atoms with Gasteiger partial charge in [0.05, 0.1) is 0 Å². The van der Waals surface area contributed by atoms with Crippen molar-refractivity contribution in [2.24, 2.45) is 5.92 Å². The number of nitrogens with one attached hydrogen (secondary N) is 2. The second-order valence-electron chi connectivity index (χ2n) is 5.44. The molecule has 1 aromatic rings. The molecule has 1 unspecified atom stereocenters. The van der Waals surface area contributed by atoms with Gasteiger partial charge in [0.1, 0.15) is 0 Å². The van der Waals surface area contributed by atoms with Crippen LogP contribution in [0, 0.1) is 5.92 Å². The third-order valence-corrected chi connectivity index (χ3v) is 5.05. The first-order chi connectivity index (χ1) is 9.51. The molecule has 0 aliphatic carbocycles. The van der Waals surface area contributed by atoms with Crippen molar-refractivity contribution in [3.05, 3.63) is 29.8 Å². The average Bonchev–Trinajstić information content (AvgIpc) is 2.41. The minimum absolute atomic E-state index is 0.429. The fourth-order valence-corrected chi connectivity index (χ4v) is 3.86. The average molecular weight is 297 g/mol. The molecule has 0 bridgehead atoms. The van der Waals surface area contributed by atoms with Crippen LogP contribution in [0.3, 0.4) is 0 Å². The summed E-state index contributed by atoms with van der Waals surface area (Å²) in [6.07, 6.45) is 2.04. The van der Waals surface area contributed by atoms with Crippen molar-refractivity contribution in [1.82, 2.24) is 9.62 Å². The number of hydrogen-bond acceptors (Lipinski definition) is 3. The minimum Gasteiger partial charge on any atom is -0.316 e. The predicted molar refractivity (Wildman–Crippen MR) is 81.7 cm³/mol. The van der Waals surface area contributed by atoms with Crippen LogP contribution in [0.15, 0.2) is 24.3 Å². The second-order valence-corrected chi connectivity index (χ2v) is 7.11. The Bertz CT molecular complexity index is 528. The Morgan fingerprint density at radius 2 is 2.00 bits per heavy atom. The van der Waals surface area contributed by atoms with Crippen LogP contribution in [0.2, 0.25) is 0 Å². The van der Waals surface area contributed by atoms with Crippen molar-refractivity contribution >= 4 is 15.9 Å². The summed E-state index contributed by atoms with van der Waals surface area (Å²) in [4.78, 5) is 0. The van der Waals surface area contributed by atoms with Gasteiger partial charge in [0.2, 0.25) is 0 Å². The first-order valence-electron chi connectivity index (χ1n) is 7.02. The minimum atomic E-state index is -3.43. The molecule has 0 radical (unpaired) electrons. The largest absolute Gasteiger partial charge is 0.316 e. The maximum atomic E-state index is 12.3. The first-order valence-corrected chi connectivity index (χ1v) is 8.46. The van der Waals surface area contributed by atoms with Crippen molar-refractivity contribution in [1.29, 1.82) is 0 Å². The summed E-state index contributed by atoms with van der Waals surface area (Å²) in [5, 5.41) is 3.06. The predicted octanol–water partition coefficient (Wildman–Crippen LogP) is 1.79. The van der Waals surface area contributed by atoms with Crippen LogP contribution in [-0.4, -0.2) is 32.9 Å². The number of nitrogens with zero attached hydrogens (tertiary/aromatic N) is 1. The molecule has 1 saturated heterocycles. The summed E-state index contributed by atoms with van der Waals surface area (Å²) in [7, 11) is -1.54. The zero-order valence-electron chi connectivity index (χ0n) is 12.1. The van der Waals surface area contributed by atoms with E-state index in [-0.39, 0.29) is 0 Å². The highest BCUT2D eigenvalue weighted by atomic mass is 32.2. The molecule has 112 valence electrons. The Balaban J connectivity index is 2.03. The first kappa shape index (κ1) is 15.3. The van der Waals surface area contributed by atoms with E-state index in [1.54, 1.807) is 16.4 Å². The van der Waals surface area contributed by atoms with Gasteiger partial charge in [-0.2, -0.15) is 12.7 Å². The molecule has 1 atom stereocenters. The van der Waals surface area contributed by atoms with E-state index in [2.05, 4.69) is 17.0 Å². The molecule has 1 fully saturated rings. The lowest BCUT2D eigenvalue weighted by Crippen LogP contribution is -2.42. The Morgan fingerprint density at radius 1 is 1.30 bits per heavy atom. The van der Waals surface area contributed by atoms with Crippen LogP contribution in [0.25, 0.3) is 0 Å². The highest BCUT2D eigenvalue weighted by Gasteiger charge is 2.26. The molecule has 1 aromatic carbocycles. The summed E-state index contributed by atoms with van der Waals surface area (Å²) in [5.41, 5.74) is 1.74. The normalized spacial score (nSPS) is 20.8. The highest BCUT2D eigenvalue weighted by molar-refractivity contribution is 7.90. The van der Waals surface area contributed by atoms with Crippen LogP contribution in [0.5, 0.6) is 0 Å². The van der Waals surface area contributed by atoms with Crippen molar-refractivity contribution < 1.29 is 8.42 Å². The molecule has 2 N–H and O–H groups in total. The van der Waals surface area contributed by atoms with Gasteiger partial charge < -0.3 is 5.32 Å². The maximum absolute atomic E-state index is 12.3. The van der Waals surface area contributed by atoms with E-state index >= 15 is 0 Å². The number of piperidine rings is 1. The van der Waals surface area contributed by atoms with Crippen molar-refractivity contribution in [2.75, 3.05) is 24.9 Å². The summed E-state index contributed by atoms with van der Waals surface area (Å²) in [5.74, 6) is 0.429. The summed E-state index contributed by atoms with van der Waals surface area (Å²) < 4.78 is 28.8. The van der Waals surface area contributed by atoms with Crippen LogP contribution in [-0.2, 0) is 16.8 Å². The Kier molecular flexibility index (Phi) is 5.01. The molecule has 0 saturated carbocycles. The van der Waals surface area contributed by atoms with E-state index in [0.717, 1.165) is 24.9 Å². The number of rotatable bonds is 5. The van der Waals surface area contributed by atoms with Gasteiger partial charge in [-0.05, 0) is 43.5 Å². The monoisotopic (exact) mass is 297 g/mol. The number of benzene rings is 1. The Labute approximate surface area is 121 Å². The lowest BCUT2D eigenvalue weighted by Gasteiger charge is -2.30. The van der Waals surface area contributed by atoms with Crippen LogP contribution in [0.4, 0.5) is 5.69 Å². The van der Waals surface area contributed by atoms with Crippen molar-refractivity contribution in [2.45, 2.75) is 26.3 Å². The molecule has 5 nitrogen and oxygen atoms in total. The second kappa shape index (κ2) is 6.56. The fourth-order valence-electron chi connectivity index (χ4n) is 2.47. The van der Waals surface area contributed by atoms with Gasteiger partial charge in [-0.15, -0.1) is 0 Å². The van der Waals surface area contributed by atoms with E-state index in [0.29, 0.717) is 24.7 Å². The van der Waals surface area contributed by atoms with E-state index < -0.39 is 10.2 Å². The molecule has 2 rings (SSSR count). The molecule has 1 heterocycles. The van der Waals surface area contributed by atoms with Gasteiger partial charge in [0.25, 0.3) is 0 Å². The standard InChI is InChI=1S/C14H23N3O2S/c1-12-4-3-9-17(11-12)20(18,19)16-14-7-5-13(6-8-14)10-15-2/h5-8,12,15-16H,3-4,9-11H2,1-2H3. The summed E-state index contributed by atoms with van der Waals surface area (Å²) in [6.45, 7) is 4.08. The van der Waals surface area contributed by atoms with Gasteiger partial charge in [0, 0.05) is 25.3 Å². The maximum Gasteiger partial charge on any atom is 0.301 e. The van der Waals surface area contributed by atoms with Gasteiger partial charge in [0.15, 0.2) is 0 Å². The lowest BCUT2D eigenvalue weighted by molar-refractivity contribution is 0.282. The van der Waals surface area contributed by atoms with Crippen LogP contribution >= 0.6 is 0 Å². The molecule has 1 aliphatic rings. The Hall–Kier alpha value is -1.11. The zero-order chi connectivity index (χ0) is 14.6. The number of hydrogen-bond donors (Lipinski definition) is 2. The fraction of sp³-hybridized carbons (Fsp3) is 0.571. The van der Waals surface area contributed by atoms with Gasteiger partial charge >= 0.3 is 10.2 Å². The van der Waals surface area contributed by atoms with Gasteiger partial charge in [-0.1, -0.05) is 19.1 Å². The molecular formula is C14H23N3O2S. The van der Waals surface area contributed by atoms with Crippen molar-refractivity contribution in [3.63, 3.8) is 0 Å². The molecular weight excluding hydrogens is 274 g/mol. The zero-order valence-corrected chi connectivity index (χ0v) is 12.9. The summed E-state index contributed by atoms with van der Waals surface area (Å²) >= 11 is 0. The van der Waals surface area contributed by atoms with Crippen molar-refractivity contribution in [3.8, 4) is 0 Å². The third kappa shape index (κ3) is 3.94. The molecule has 0 aromatic heterocycles. The Morgan fingerprint density at radius 3 is 2.60 bits per heavy atom. The summed E-state index contributed by atoms with van der Waals surface area (Å²) in [6, 6.07) is 7.45. The van der Waals surface area contributed by atoms with Gasteiger partial charge in [-0.25, -0.2) is 0 Å².